The van der Waals surface area contributed by atoms with Crippen molar-refractivity contribution in [1.29, 1.82) is 0 Å². The molecule has 0 amide bonds. The molecular weight excluding hydrogens is 254 g/mol. The molecule has 5 nitrogen and oxygen atoms in total. The number of ether oxygens (including phenoxy) is 1. The maximum absolute atomic E-state index is 11.9. The number of hydrogen-bond acceptors (Lipinski definition) is 4. The fourth-order valence-electron chi connectivity index (χ4n) is 1.24. The Morgan fingerprint density at radius 2 is 1.89 bits per heavy atom. The molecule has 18 heavy (non-hydrogen) atoms. The minimum Gasteiger partial charge on any atom is -0.491 e. The molecule has 0 radical (unpaired) electrons. The molecule has 0 fully saturated rings. The normalized spacial score (nSPS) is 11.8. The minimum atomic E-state index is -3.45. The Morgan fingerprint density at radius 3 is 2.39 bits per heavy atom. The van der Waals surface area contributed by atoms with Gasteiger partial charge in [0.2, 0.25) is 10.0 Å². The van der Waals surface area contributed by atoms with Gasteiger partial charge in [0.15, 0.2) is 0 Å². The van der Waals surface area contributed by atoms with Crippen molar-refractivity contribution in [3.05, 3.63) is 24.3 Å². The molecule has 0 aliphatic rings. The Morgan fingerprint density at radius 1 is 1.28 bits per heavy atom. The summed E-state index contributed by atoms with van der Waals surface area (Å²) < 4.78 is 31.4. The molecule has 2 N–H and O–H groups in total. The van der Waals surface area contributed by atoms with E-state index in [9.17, 15) is 8.42 Å². The Hall–Kier alpha value is -1.11. The minimum absolute atomic E-state index is 0.0734. The zero-order chi connectivity index (χ0) is 13.6. The summed E-state index contributed by atoms with van der Waals surface area (Å²) >= 11 is 0. The van der Waals surface area contributed by atoms with Crippen molar-refractivity contribution in [2.24, 2.45) is 5.92 Å². The van der Waals surface area contributed by atoms with Gasteiger partial charge >= 0.3 is 0 Å². The van der Waals surface area contributed by atoms with E-state index < -0.39 is 10.0 Å². The van der Waals surface area contributed by atoms with Crippen LogP contribution in [0.3, 0.4) is 0 Å². The van der Waals surface area contributed by atoms with Crippen molar-refractivity contribution >= 4 is 10.0 Å². The molecule has 0 saturated heterocycles. The quantitative estimate of drug-likeness (QED) is 0.777. The van der Waals surface area contributed by atoms with Gasteiger partial charge in [-0.25, -0.2) is 13.1 Å². The lowest BCUT2D eigenvalue weighted by Gasteiger charge is -2.09. The monoisotopic (exact) mass is 273 g/mol. The predicted octanol–water partition coefficient (Wildman–Crippen LogP) is 0.992. The SMILES string of the molecule is CC(C)CNS(=O)(=O)c1ccc(OCCO)cc1. The highest BCUT2D eigenvalue weighted by atomic mass is 32.2. The Balaban J connectivity index is 2.71. The number of rotatable bonds is 7. The second kappa shape index (κ2) is 6.72. The lowest BCUT2D eigenvalue weighted by atomic mass is 10.2. The third kappa shape index (κ3) is 4.64. The van der Waals surface area contributed by atoms with E-state index in [4.69, 9.17) is 9.84 Å². The lowest BCUT2D eigenvalue weighted by Crippen LogP contribution is -2.27. The summed E-state index contributed by atoms with van der Waals surface area (Å²) in [6.07, 6.45) is 0. The van der Waals surface area contributed by atoms with Gasteiger partial charge in [-0.15, -0.1) is 0 Å². The molecule has 0 aliphatic heterocycles. The number of hydrogen-bond donors (Lipinski definition) is 2. The maximum Gasteiger partial charge on any atom is 0.240 e. The Bertz CT molecular complexity index is 453. The summed E-state index contributed by atoms with van der Waals surface area (Å²) in [5.41, 5.74) is 0. The molecule has 0 heterocycles. The molecule has 0 bridgehead atoms. The standard InChI is InChI=1S/C12H19NO4S/c1-10(2)9-13-18(15,16)12-5-3-11(4-6-12)17-8-7-14/h3-6,10,13-14H,7-9H2,1-2H3. The average Bonchev–Trinajstić information content (AvgIpc) is 2.34. The summed E-state index contributed by atoms with van der Waals surface area (Å²) in [6.45, 7) is 4.40. The molecular formula is C12H19NO4S. The molecule has 6 heteroatoms. The van der Waals surface area contributed by atoms with Crippen molar-refractivity contribution in [2.45, 2.75) is 18.7 Å². The summed E-state index contributed by atoms with van der Waals surface area (Å²) in [4.78, 5) is 0.208. The van der Waals surface area contributed by atoms with Crippen LogP contribution in [0.2, 0.25) is 0 Å². The molecule has 1 aromatic carbocycles. The van der Waals surface area contributed by atoms with Crippen LogP contribution in [0.25, 0.3) is 0 Å². The fourth-order valence-corrected chi connectivity index (χ4v) is 2.45. The first-order valence-electron chi connectivity index (χ1n) is 5.79. The molecule has 0 aliphatic carbocycles. The van der Waals surface area contributed by atoms with Crippen LogP contribution in [-0.2, 0) is 10.0 Å². The van der Waals surface area contributed by atoms with Crippen molar-refractivity contribution < 1.29 is 18.3 Å². The van der Waals surface area contributed by atoms with Crippen molar-refractivity contribution in [2.75, 3.05) is 19.8 Å². The molecule has 0 atom stereocenters. The van der Waals surface area contributed by atoms with E-state index in [1.165, 1.54) is 12.1 Å². The first-order chi connectivity index (χ1) is 8.45. The molecule has 0 unspecified atom stereocenters. The predicted molar refractivity (Wildman–Crippen MR) is 69.0 cm³/mol. The second-order valence-electron chi connectivity index (χ2n) is 4.29. The zero-order valence-corrected chi connectivity index (χ0v) is 11.4. The largest absolute Gasteiger partial charge is 0.491 e. The van der Waals surface area contributed by atoms with Crippen LogP contribution in [0.15, 0.2) is 29.2 Å². The average molecular weight is 273 g/mol. The highest BCUT2D eigenvalue weighted by Gasteiger charge is 2.13. The Labute approximate surface area is 108 Å². The van der Waals surface area contributed by atoms with E-state index in [-0.39, 0.29) is 24.0 Å². The van der Waals surface area contributed by atoms with Gasteiger partial charge in [0.05, 0.1) is 11.5 Å². The van der Waals surface area contributed by atoms with Crippen LogP contribution < -0.4 is 9.46 Å². The van der Waals surface area contributed by atoms with Gasteiger partial charge in [0.1, 0.15) is 12.4 Å². The van der Waals surface area contributed by atoms with Crippen LogP contribution in [-0.4, -0.2) is 33.3 Å². The van der Waals surface area contributed by atoms with Crippen LogP contribution >= 0.6 is 0 Å². The third-order valence-electron chi connectivity index (χ3n) is 2.18. The van der Waals surface area contributed by atoms with Gasteiger partial charge in [-0.3, -0.25) is 0 Å². The first kappa shape index (κ1) is 14.9. The van der Waals surface area contributed by atoms with E-state index in [2.05, 4.69) is 4.72 Å². The smallest absolute Gasteiger partial charge is 0.240 e. The third-order valence-corrected chi connectivity index (χ3v) is 3.62. The summed E-state index contributed by atoms with van der Waals surface area (Å²) in [5, 5.41) is 8.60. The number of sulfonamides is 1. The van der Waals surface area contributed by atoms with Crippen LogP contribution in [0.1, 0.15) is 13.8 Å². The van der Waals surface area contributed by atoms with E-state index in [0.29, 0.717) is 12.3 Å². The second-order valence-corrected chi connectivity index (χ2v) is 6.06. The number of benzene rings is 1. The fraction of sp³-hybridized carbons (Fsp3) is 0.500. The molecule has 1 rings (SSSR count). The molecule has 0 aromatic heterocycles. The van der Waals surface area contributed by atoms with Gasteiger partial charge < -0.3 is 9.84 Å². The van der Waals surface area contributed by atoms with Crippen molar-refractivity contribution in [3.63, 3.8) is 0 Å². The van der Waals surface area contributed by atoms with E-state index in [0.717, 1.165) is 0 Å². The van der Waals surface area contributed by atoms with Gasteiger partial charge in [-0.05, 0) is 30.2 Å². The molecule has 0 spiro atoms. The number of aliphatic hydroxyl groups excluding tert-OH is 1. The van der Waals surface area contributed by atoms with E-state index in [1.54, 1.807) is 12.1 Å². The topological polar surface area (TPSA) is 75.6 Å². The molecule has 1 aromatic rings. The molecule has 0 saturated carbocycles. The maximum atomic E-state index is 11.9. The summed E-state index contributed by atoms with van der Waals surface area (Å²) in [7, 11) is -3.45. The summed E-state index contributed by atoms with van der Waals surface area (Å²) in [6, 6.07) is 6.10. The van der Waals surface area contributed by atoms with Crippen LogP contribution in [0, 0.1) is 5.92 Å². The zero-order valence-electron chi connectivity index (χ0n) is 10.6. The van der Waals surface area contributed by atoms with Gasteiger partial charge in [0.25, 0.3) is 0 Å². The van der Waals surface area contributed by atoms with Crippen molar-refractivity contribution in [1.82, 2.24) is 4.72 Å². The number of nitrogens with one attached hydrogen (secondary N) is 1. The van der Waals surface area contributed by atoms with Gasteiger partial charge in [-0.2, -0.15) is 0 Å². The van der Waals surface area contributed by atoms with E-state index >= 15 is 0 Å². The van der Waals surface area contributed by atoms with Crippen molar-refractivity contribution in [3.8, 4) is 5.75 Å². The Kier molecular flexibility index (Phi) is 5.58. The summed E-state index contributed by atoms with van der Waals surface area (Å²) in [5.74, 6) is 0.791. The van der Waals surface area contributed by atoms with E-state index in [1.807, 2.05) is 13.8 Å². The van der Waals surface area contributed by atoms with Gasteiger partial charge in [-0.1, -0.05) is 13.8 Å². The van der Waals surface area contributed by atoms with Crippen LogP contribution in [0.5, 0.6) is 5.75 Å². The highest BCUT2D eigenvalue weighted by molar-refractivity contribution is 7.89. The number of aliphatic hydroxyl groups is 1. The lowest BCUT2D eigenvalue weighted by molar-refractivity contribution is 0.201. The first-order valence-corrected chi connectivity index (χ1v) is 7.27. The van der Waals surface area contributed by atoms with Crippen LogP contribution in [0.4, 0.5) is 0 Å². The van der Waals surface area contributed by atoms with Gasteiger partial charge in [0, 0.05) is 6.54 Å². The highest BCUT2D eigenvalue weighted by Crippen LogP contribution is 2.15. The molecule has 102 valence electrons.